The van der Waals surface area contributed by atoms with Gasteiger partial charge in [0.2, 0.25) is 11.8 Å². The molecule has 3 heterocycles. The van der Waals surface area contributed by atoms with Crippen LogP contribution in [0.4, 0.5) is 5.13 Å². The number of nitrogens with one attached hydrogen (secondary N) is 3. The molecule has 10 heteroatoms. The Morgan fingerprint density at radius 3 is 2.63 bits per heavy atom. The summed E-state index contributed by atoms with van der Waals surface area (Å²) in [5.41, 5.74) is 1.40. The van der Waals surface area contributed by atoms with Gasteiger partial charge in [-0.05, 0) is 60.1 Å². The Morgan fingerprint density at radius 2 is 2.00 bits per heavy atom. The Morgan fingerprint density at radius 1 is 1.27 bits per heavy atom. The Balaban J connectivity index is 1.37. The number of H-pyrrole nitrogens is 1. The van der Waals surface area contributed by atoms with Gasteiger partial charge in [-0.1, -0.05) is 46.2 Å². The topological polar surface area (TPSA) is 131 Å². The molecule has 1 aromatic carbocycles. The number of carbonyl (C=O) groups is 2. The van der Waals surface area contributed by atoms with E-state index in [1.807, 2.05) is 52.8 Å². The molecule has 3 aromatic rings. The number of rotatable bonds is 7. The zero-order chi connectivity index (χ0) is 29.9. The lowest BCUT2D eigenvalue weighted by atomic mass is 9.85. The van der Waals surface area contributed by atoms with Gasteiger partial charge in [0, 0.05) is 35.1 Å². The van der Waals surface area contributed by atoms with Crippen LogP contribution < -0.4 is 16.2 Å². The minimum Gasteiger partial charge on any atom is -0.349 e. The zero-order valence-electron chi connectivity index (χ0n) is 24.7. The van der Waals surface area contributed by atoms with E-state index >= 15 is 0 Å². The molecule has 5 atom stereocenters. The Labute approximate surface area is 244 Å². The van der Waals surface area contributed by atoms with Crippen LogP contribution in [0, 0.1) is 47.8 Å². The largest absolute Gasteiger partial charge is 0.349 e. The standard InChI is InChI=1S/C31H38N6O3S/c1-16-8-9-22-18(10-16)11-19(26(38)35-22)12-20(13-32)34-27(39)24-23-21(31(23,6)7)15-37(24)28(40)25(30(3,4)5)36-29-33-14-17(2)41-29/h8-11,14,20-21,23-25H,12,15H2,1-7H3,(H,33,36)(H,34,39)(H,35,38)/t20?,21-,23-,24-,25+/m0/s1. The van der Waals surface area contributed by atoms with Crippen molar-refractivity contribution in [2.45, 2.75) is 73.0 Å². The highest BCUT2D eigenvalue weighted by atomic mass is 32.1. The average molecular weight is 575 g/mol. The molecule has 216 valence electrons. The first-order valence-electron chi connectivity index (χ1n) is 14.0. The number of piperidine rings is 1. The van der Waals surface area contributed by atoms with Gasteiger partial charge >= 0.3 is 0 Å². The van der Waals surface area contributed by atoms with Gasteiger partial charge in [0.15, 0.2) is 5.13 Å². The maximum Gasteiger partial charge on any atom is 0.251 e. The number of aromatic amines is 1. The lowest BCUT2D eigenvalue weighted by Crippen LogP contribution is -2.57. The number of nitriles is 1. The number of aryl methyl sites for hydroxylation is 2. The Bertz CT molecular complexity index is 1610. The lowest BCUT2D eigenvalue weighted by molar-refractivity contribution is -0.142. The van der Waals surface area contributed by atoms with Crippen LogP contribution in [0.1, 0.15) is 50.6 Å². The maximum atomic E-state index is 14.1. The van der Waals surface area contributed by atoms with Crippen molar-refractivity contribution >= 4 is 39.2 Å². The van der Waals surface area contributed by atoms with Crippen LogP contribution in [0.2, 0.25) is 0 Å². The number of fused-ring (bicyclic) bond motifs is 2. The number of thiazole rings is 1. The van der Waals surface area contributed by atoms with Crippen molar-refractivity contribution in [3.05, 3.63) is 56.8 Å². The SMILES string of the molecule is Cc1ccc2[nH]c(=O)c(CC(C#N)NC(=O)[C@@H]3[C@@H]4[C@H](CN3C(=O)[C@@H](Nc3ncc(C)s3)C(C)(C)C)C4(C)C)cc2c1. The molecule has 1 saturated carbocycles. The fourth-order valence-corrected chi connectivity index (χ4v) is 6.99. The molecule has 1 aliphatic carbocycles. The highest BCUT2D eigenvalue weighted by Gasteiger charge is 2.69. The van der Waals surface area contributed by atoms with Gasteiger partial charge in [0.25, 0.3) is 5.56 Å². The second-order valence-corrected chi connectivity index (χ2v) is 14.5. The van der Waals surface area contributed by atoms with Crippen molar-refractivity contribution in [2.24, 2.45) is 22.7 Å². The van der Waals surface area contributed by atoms with E-state index in [2.05, 4.69) is 40.5 Å². The molecular formula is C31H38N6O3S. The van der Waals surface area contributed by atoms with Crippen LogP contribution in [0.5, 0.6) is 0 Å². The highest BCUT2D eigenvalue weighted by Crippen LogP contribution is 2.65. The van der Waals surface area contributed by atoms with Crippen LogP contribution in [0.25, 0.3) is 10.9 Å². The van der Waals surface area contributed by atoms with Gasteiger partial charge < -0.3 is 20.5 Å². The second-order valence-electron chi connectivity index (χ2n) is 13.2. The Kier molecular flexibility index (Phi) is 7.23. The molecule has 0 bridgehead atoms. The van der Waals surface area contributed by atoms with Gasteiger partial charge in [-0.25, -0.2) is 4.98 Å². The van der Waals surface area contributed by atoms with Gasteiger partial charge in [-0.3, -0.25) is 14.4 Å². The predicted octanol–water partition coefficient (Wildman–Crippen LogP) is 4.16. The summed E-state index contributed by atoms with van der Waals surface area (Å²) in [6, 6.07) is 7.49. The molecular weight excluding hydrogens is 536 g/mol. The van der Waals surface area contributed by atoms with E-state index in [0.717, 1.165) is 21.3 Å². The van der Waals surface area contributed by atoms with Crippen molar-refractivity contribution in [1.29, 1.82) is 5.26 Å². The summed E-state index contributed by atoms with van der Waals surface area (Å²) in [5, 5.41) is 17.7. The van der Waals surface area contributed by atoms with Crippen LogP contribution >= 0.6 is 11.3 Å². The molecule has 1 aliphatic heterocycles. The first-order valence-corrected chi connectivity index (χ1v) is 14.8. The summed E-state index contributed by atoms with van der Waals surface area (Å²) in [7, 11) is 0. The minimum absolute atomic E-state index is 0.000523. The monoisotopic (exact) mass is 574 g/mol. The second kappa shape index (κ2) is 10.3. The molecule has 2 amide bonds. The van der Waals surface area contributed by atoms with E-state index in [0.29, 0.717) is 17.2 Å². The number of aromatic nitrogens is 2. The third kappa shape index (κ3) is 5.47. The van der Waals surface area contributed by atoms with Crippen molar-refractivity contribution in [1.82, 2.24) is 20.2 Å². The number of carbonyl (C=O) groups excluding carboxylic acids is 2. The summed E-state index contributed by atoms with van der Waals surface area (Å²) >= 11 is 1.49. The number of hydrogen-bond donors (Lipinski definition) is 3. The van der Waals surface area contributed by atoms with Crippen LogP contribution in [-0.4, -0.2) is 51.4 Å². The first kappa shape index (κ1) is 28.8. The van der Waals surface area contributed by atoms with E-state index in [-0.39, 0.29) is 41.0 Å². The van der Waals surface area contributed by atoms with E-state index in [9.17, 15) is 19.6 Å². The van der Waals surface area contributed by atoms with Crippen molar-refractivity contribution in [3.63, 3.8) is 0 Å². The van der Waals surface area contributed by atoms with Gasteiger partial charge in [-0.15, -0.1) is 11.3 Å². The minimum atomic E-state index is -0.918. The van der Waals surface area contributed by atoms with Gasteiger partial charge in [-0.2, -0.15) is 5.26 Å². The van der Waals surface area contributed by atoms with Crippen molar-refractivity contribution in [2.75, 3.05) is 11.9 Å². The molecule has 1 saturated heterocycles. The van der Waals surface area contributed by atoms with E-state index in [1.165, 1.54) is 11.3 Å². The zero-order valence-corrected chi connectivity index (χ0v) is 25.5. The fraction of sp³-hybridized carbons (Fsp3) is 0.516. The maximum absolute atomic E-state index is 14.1. The molecule has 41 heavy (non-hydrogen) atoms. The molecule has 0 radical (unpaired) electrons. The fourth-order valence-electron chi connectivity index (χ4n) is 6.30. The third-order valence-electron chi connectivity index (χ3n) is 8.74. The molecule has 2 aromatic heterocycles. The summed E-state index contributed by atoms with van der Waals surface area (Å²) in [6.45, 7) is 14.7. The van der Waals surface area contributed by atoms with Crippen molar-refractivity contribution < 1.29 is 9.59 Å². The summed E-state index contributed by atoms with van der Waals surface area (Å²) < 4.78 is 0. The number of hydrogen-bond acceptors (Lipinski definition) is 7. The van der Waals surface area contributed by atoms with Crippen LogP contribution in [0.15, 0.2) is 35.3 Å². The molecule has 3 N–H and O–H groups in total. The van der Waals surface area contributed by atoms with E-state index < -0.39 is 23.5 Å². The summed E-state index contributed by atoms with van der Waals surface area (Å²) in [6.07, 6.45) is 1.83. The van der Waals surface area contributed by atoms with Crippen molar-refractivity contribution in [3.8, 4) is 6.07 Å². The lowest BCUT2D eigenvalue weighted by Gasteiger charge is -2.37. The molecule has 1 unspecified atom stereocenters. The number of amides is 2. The smallest absolute Gasteiger partial charge is 0.251 e. The molecule has 5 rings (SSSR count). The molecule has 2 fully saturated rings. The molecule has 2 aliphatic rings. The van der Waals surface area contributed by atoms with Gasteiger partial charge in [0.1, 0.15) is 18.1 Å². The van der Waals surface area contributed by atoms with Gasteiger partial charge in [0.05, 0.1) is 6.07 Å². The number of benzene rings is 1. The molecule has 9 nitrogen and oxygen atoms in total. The normalized spacial score (nSPS) is 22.5. The van der Waals surface area contributed by atoms with E-state index in [4.69, 9.17) is 0 Å². The van der Waals surface area contributed by atoms with Crippen LogP contribution in [-0.2, 0) is 16.0 Å². The molecule has 0 spiro atoms. The summed E-state index contributed by atoms with van der Waals surface area (Å²) in [4.78, 5) is 50.7. The van der Waals surface area contributed by atoms with E-state index in [1.54, 1.807) is 17.2 Å². The highest BCUT2D eigenvalue weighted by molar-refractivity contribution is 7.15. The quantitative estimate of drug-likeness (QED) is 0.388. The first-order chi connectivity index (χ1) is 19.2. The third-order valence-corrected chi connectivity index (χ3v) is 9.58. The average Bonchev–Trinajstić information content (AvgIpc) is 3.25. The van der Waals surface area contributed by atoms with Crippen LogP contribution in [0.3, 0.4) is 0 Å². The predicted molar refractivity (Wildman–Crippen MR) is 161 cm³/mol. The Hall–Kier alpha value is -3.71. The summed E-state index contributed by atoms with van der Waals surface area (Å²) in [5.74, 6) is -0.297. The number of anilines is 1. The number of likely N-dealkylation sites (tertiary alicyclic amines) is 1. The number of pyridine rings is 1. The number of nitrogens with zero attached hydrogens (tertiary/aromatic N) is 3.